The van der Waals surface area contributed by atoms with E-state index in [4.69, 9.17) is 5.73 Å². The van der Waals surface area contributed by atoms with E-state index in [9.17, 15) is 14.7 Å². The average Bonchev–Trinajstić information content (AvgIpc) is 3.41. The minimum atomic E-state index is -1.17. The average molecular weight is 410 g/mol. The topological polar surface area (TPSA) is 88.0 Å². The molecular weight excluding hydrogens is 386 g/mol. The van der Waals surface area contributed by atoms with Crippen LogP contribution in [0.4, 0.5) is 0 Å². The van der Waals surface area contributed by atoms with E-state index in [-0.39, 0.29) is 11.6 Å². The smallest absolute Gasteiger partial charge is 0.341 e. The number of nitrogens with zero attached hydrogens (tertiary/aromatic N) is 2. The van der Waals surface area contributed by atoms with Crippen molar-refractivity contribution < 1.29 is 9.90 Å². The lowest BCUT2D eigenvalue weighted by atomic mass is 9.99. The van der Waals surface area contributed by atoms with Crippen LogP contribution in [0.1, 0.15) is 56.7 Å². The van der Waals surface area contributed by atoms with E-state index in [1.807, 2.05) is 13.0 Å². The maximum atomic E-state index is 12.8. The van der Waals surface area contributed by atoms with E-state index in [0.29, 0.717) is 5.92 Å². The van der Waals surface area contributed by atoms with E-state index in [0.717, 1.165) is 53.0 Å². The summed E-state index contributed by atoms with van der Waals surface area (Å²) >= 11 is 1.73. The predicted octanol–water partition coefficient (Wildman–Crippen LogP) is 3.36. The van der Waals surface area contributed by atoms with Crippen molar-refractivity contribution in [3.8, 4) is 10.4 Å². The number of likely N-dealkylation sites (N-methyl/N-ethyl adjacent to an activating group) is 1. The monoisotopic (exact) mass is 409 g/mol. The Bertz CT molecular complexity index is 1220. The standard InChI is InChI=1S/C22H23N3O3S/c1-11-14(18-7-13-9-24(2)10-17(23)20(13)29-18)5-6-25-19(11)15(12-3-4-12)8-16(21(25)26)22(27)28/h5-8,12,17H,3-4,9-10,23H2,1-2H3,(H,27,28). The van der Waals surface area contributed by atoms with E-state index >= 15 is 0 Å². The highest BCUT2D eigenvalue weighted by atomic mass is 32.1. The second-order valence-corrected chi connectivity index (χ2v) is 9.36. The van der Waals surface area contributed by atoms with Gasteiger partial charge in [-0.15, -0.1) is 11.3 Å². The molecule has 1 fully saturated rings. The Balaban J connectivity index is 1.73. The summed E-state index contributed by atoms with van der Waals surface area (Å²) in [6.07, 6.45) is 3.79. The van der Waals surface area contributed by atoms with Gasteiger partial charge in [-0.05, 0) is 73.2 Å². The van der Waals surface area contributed by atoms with Crippen molar-refractivity contribution in [2.45, 2.75) is 38.3 Å². The number of thiophene rings is 1. The first kappa shape index (κ1) is 18.5. The number of carbonyl (C=O) groups is 1. The minimum Gasteiger partial charge on any atom is -0.477 e. The molecule has 4 heterocycles. The van der Waals surface area contributed by atoms with E-state index < -0.39 is 11.5 Å². The number of fused-ring (bicyclic) bond motifs is 2. The van der Waals surface area contributed by atoms with Gasteiger partial charge in [0.2, 0.25) is 0 Å². The number of hydrogen-bond donors (Lipinski definition) is 2. The summed E-state index contributed by atoms with van der Waals surface area (Å²) in [5, 5.41) is 9.47. The van der Waals surface area contributed by atoms with Crippen LogP contribution < -0.4 is 11.3 Å². The van der Waals surface area contributed by atoms with Gasteiger partial charge < -0.3 is 15.7 Å². The molecule has 3 aromatic heterocycles. The second-order valence-electron chi connectivity index (χ2n) is 8.27. The molecule has 1 saturated carbocycles. The van der Waals surface area contributed by atoms with Crippen LogP contribution in [-0.2, 0) is 6.54 Å². The molecule has 1 atom stereocenters. The fraction of sp³-hybridized carbons (Fsp3) is 0.364. The first-order chi connectivity index (χ1) is 13.8. The Morgan fingerprint density at radius 3 is 2.76 bits per heavy atom. The number of rotatable bonds is 3. The molecule has 1 aliphatic heterocycles. The molecular formula is C22H23N3O3S. The summed E-state index contributed by atoms with van der Waals surface area (Å²) in [5.74, 6) is -0.840. The third-order valence-electron chi connectivity index (χ3n) is 6.05. The van der Waals surface area contributed by atoms with Crippen LogP contribution in [0.5, 0.6) is 0 Å². The largest absolute Gasteiger partial charge is 0.477 e. The summed E-state index contributed by atoms with van der Waals surface area (Å²) in [4.78, 5) is 29.0. The molecule has 0 saturated heterocycles. The van der Waals surface area contributed by atoms with Crippen LogP contribution >= 0.6 is 11.3 Å². The van der Waals surface area contributed by atoms with Crippen LogP contribution in [0.2, 0.25) is 0 Å². The molecule has 2 aliphatic rings. The van der Waals surface area contributed by atoms with Gasteiger partial charge in [-0.3, -0.25) is 9.20 Å². The van der Waals surface area contributed by atoms with Crippen LogP contribution in [0.25, 0.3) is 16.0 Å². The molecule has 0 radical (unpaired) electrons. The van der Waals surface area contributed by atoms with Crippen molar-refractivity contribution in [2.24, 2.45) is 5.73 Å². The summed E-state index contributed by atoms with van der Waals surface area (Å²) in [6.45, 7) is 3.77. The Kier molecular flexibility index (Phi) is 4.17. The Labute approximate surface area is 172 Å². The Morgan fingerprint density at radius 1 is 1.31 bits per heavy atom. The highest BCUT2D eigenvalue weighted by Crippen LogP contribution is 2.44. The number of carboxylic acid groups (broad SMARTS) is 1. The van der Waals surface area contributed by atoms with E-state index in [1.54, 1.807) is 23.6 Å². The lowest BCUT2D eigenvalue weighted by molar-refractivity contribution is 0.0694. The van der Waals surface area contributed by atoms with Crippen LogP contribution in [0.3, 0.4) is 0 Å². The minimum absolute atomic E-state index is 0.0195. The Hall–Kier alpha value is -2.48. The molecule has 0 amide bonds. The highest BCUT2D eigenvalue weighted by molar-refractivity contribution is 7.15. The molecule has 5 rings (SSSR count). The van der Waals surface area contributed by atoms with Gasteiger partial charge in [0.15, 0.2) is 0 Å². The molecule has 0 bridgehead atoms. The molecule has 1 aliphatic carbocycles. The van der Waals surface area contributed by atoms with Crippen molar-refractivity contribution in [1.29, 1.82) is 0 Å². The van der Waals surface area contributed by atoms with Gasteiger partial charge in [0.05, 0.1) is 11.6 Å². The molecule has 7 heteroatoms. The van der Waals surface area contributed by atoms with Crippen molar-refractivity contribution in [1.82, 2.24) is 9.30 Å². The van der Waals surface area contributed by atoms with Crippen molar-refractivity contribution in [2.75, 3.05) is 13.6 Å². The zero-order chi connectivity index (χ0) is 20.4. The molecule has 3 aromatic rings. The number of hydrogen-bond acceptors (Lipinski definition) is 5. The summed E-state index contributed by atoms with van der Waals surface area (Å²) in [7, 11) is 2.08. The third kappa shape index (κ3) is 2.92. The first-order valence-corrected chi connectivity index (χ1v) is 10.7. The highest BCUT2D eigenvalue weighted by Gasteiger charge is 2.30. The lowest BCUT2D eigenvalue weighted by Crippen LogP contribution is -2.33. The quantitative estimate of drug-likeness (QED) is 0.693. The molecule has 1 unspecified atom stereocenters. The zero-order valence-corrected chi connectivity index (χ0v) is 17.3. The maximum absolute atomic E-state index is 12.8. The number of aryl methyl sites for hydroxylation is 1. The number of aromatic nitrogens is 1. The van der Waals surface area contributed by atoms with E-state index in [1.165, 1.54) is 14.8 Å². The van der Waals surface area contributed by atoms with Crippen LogP contribution in [0, 0.1) is 6.92 Å². The fourth-order valence-corrected chi connectivity index (χ4v) is 5.76. The van der Waals surface area contributed by atoms with E-state index in [2.05, 4.69) is 18.0 Å². The molecule has 6 nitrogen and oxygen atoms in total. The van der Waals surface area contributed by atoms with Gasteiger partial charge in [-0.1, -0.05) is 0 Å². The maximum Gasteiger partial charge on any atom is 0.341 e. The Morgan fingerprint density at radius 2 is 2.07 bits per heavy atom. The number of aromatic carboxylic acids is 1. The number of carboxylic acids is 1. The second kappa shape index (κ2) is 6.52. The van der Waals surface area contributed by atoms with Gasteiger partial charge in [0, 0.05) is 29.0 Å². The fourth-order valence-electron chi connectivity index (χ4n) is 4.51. The third-order valence-corrected chi connectivity index (χ3v) is 7.40. The summed E-state index contributed by atoms with van der Waals surface area (Å²) in [5.41, 5.74) is 10.9. The van der Waals surface area contributed by atoms with Gasteiger partial charge in [-0.2, -0.15) is 0 Å². The SMILES string of the molecule is Cc1c(-c2cc3c(s2)C(N)CN(C)C3)ccn2c(=O)c(C(=O)O)cc(C3CC3)c12. The normalized spacial score (nSPS) is 19.5. The molecule has 150 valence electrons. The zero-order valence-electron chi connectivity index (χ0n) is 16.4. The molecule has 3 N–H and O–H groups in total. The lowest BCUT2D eigenvalue weighted by Gasteiger charge is -2.27. The van der Waals surface area contributed by atoms with Gasteiger partial charge in [0.25, 0.3) is 5.56 Å². The summed E-state index contributed by atoms with van der Waals surface area (Å²) in [6, 6.07) is 5.76. The molecule has 0 aromatic carbocycles. The van der Waals surface area contributed by atoms with Crippen molar-refractivity contribution >= 4 is 22.8 Å². The number of pyridine rings is 2. The van der Waals surface area contributed by atoms with Crippen molar-refractivity contribution in [3.63, 3.8) is 0 Å². The summed E-state index contributed by atoms with van der Waals surface area (Å²) < 4.78 is 1.52. The molecule has 29 heavy (non-hydrogen) atoms. The van der Waals surface area contributed by atoms with Crippen molar-refractivity contribution in [3.05, 3.63) is 61.9 Å². The predicted molar refractivity (Wildman–Crippen MR) is 114 cm³/mol. The molecule has 0 spiro atoms. The van der Waals surface area contributed by atoms with Crippen LogP contribution in [-0.4, -0.2) is 34.0 Å². The number of nitrogens with two attached hydrogens (primary N) is 1. The van der Waals surface area contributed by atoms with Gasteiger partial charge in [0.1, 0.15) is 5.56 Å². The van der Waals surface area contributed by atoms with Crippen LogP contribution in [0.15, 0.2) is 29.2 Å². The van der Waals surface area contributed by atoms with Gasteiger partial charge in [-0.25, -0.2) is 4.79 Å². The first-order valence-electron chi connectivity index (χ1n) is 9.84. The van der Waals surface area contributed by atoms with Gasteiger partial charge >= 0.3 is 5.97 Å².